The number of aromatic nitrogens is 3. The van der Waals surface area contributed by atoms with Crippen molar-refractivity contribution >= 4 is 23.2 Å². The Kier molecular flexibility index (Phi) is 4.48. The minimum Gasteiger partial charge on any atom is -0.497 e. The van der Waals surface area contributed by atoms with Gasteiger partial charge >= 0.3 is 0 Å². The summed E-state index contributed by atoms with van der Waals surface area (Å²) >= 11 is 6.00. The van der Waals surface area contributed by atoms with Gasteiger partial charge in [-0.2, -0.15) is 0 Å². The molecule has 0 unspecified atom stereocenters. The summed E-state index contributed by atoms with van der Waals surface area (Å²) in [7, 11) is 1.59. The lowest BCUT2D eigenvalue weighted by atomic mass is 10.2. The summed E-state index contributed by atoms with van der Waals surface area (Å²) in [6.07, 6.45) is 0. The largest absolute Gasteiger partial charge is 0.497 e. The van der Waals surface area contributed by atoms with Crippen molar-refractivity contribution in [3.8, 4) is 11.4 Å². The van der Waals surface area contributed by atoms with Crippen LogP contribution in [0.4, 0.5) is 5.69 Å². The second-order valence-corrected chi connectivity index (χ2v) is 5.53. The number of rotatable bonds is 4. The van der Waals surface area contributed by atoms with Gasteiger partial charge in [-0.25, -0.2) is 4.68 Å². The van der Waals surface area contributed by atoms with Crippen LogP contribution in [-0.4, -0.2) is 28.0 Å². The number of carbonyl (C=O) groups excluding carboxylic acids is 1. The molecule has 7 heteroatoms. The van der Waals surface area contributed by atoms with Gasteiger partial charge in [-0.15, -0.1) is 5.10 Å². The fraction of sp³-hybridized carbons (Fsp3) is 0.118. The molecular formula is C17H15ClN4O2. The van der Waals surface area contributed by atoms with Crippen molar-refractivity contribution in [2.45, 2.75) is 6.92 Å². The molecule has 0 aliphatic rings. The maximum Gasteiger partial charge on any atom is 0.278 e. The molecule has 0 saturated heterocycles. The van der Waals surface area contributed by atoms with Crippen molar-refractivity contribution in [1.29, 1.82) is 0 Å². The summed E-state index contributed by atoms with van der Waals surface area (Å²) in [6, 6.07) is 14.2. The van der Waals surface area contributed by atoms with Gasteiger partial charge in [-0.05, 0) is 49.4 Å². The van der Waals surface area contributed by atoms with E-state index in [4.69, 9.17) is 16.3 Å². The highest BCUT2D eigenvalue weighted by Crippen LogP contribution is 2.19. The molecule has 0 aliphatic carbocycles. The van der Waals surface area contributed by atoms with E-state index in [0.717, 1.165) is 11.4 Å². The Morgan fingerprint density at radius 1 is 1.21 bits per heavy atom. The molecule has 1 aromatic heterocycles. The molecule has 1 heterocycles. The number of nitrogens with one attached hydrogen (secondary N) is 1. The lowest BCUT2D eigenvalue weighted by molar-refractivity contribution is 0.102. The molecule has 1 amide bonds. The summed E-state index contributed by atoms with van der Waals surface area (Å²) in [5, 5.41) is 11.4. The van der Waals surface area contributed by atoms with Crippen molar-refractivity contribution in [3.05, 3.63) is 64.9 Å². The standard InChI is InChI=1S/C17H15ClN4O2/c1-11-16(17(23)19-13-6-8-15(24-2)9-7-13)20-21-22(11)14-5-3-4-12(18)10-14/h3-10H,1-2H3,(H,19,23). The van der Waals surface area contributed by atoms with E-state index in [1.54, 1.807) is 55.1 Å². The predicted octanol–water partition coefficient (Wildman–Crippen LogP) is 3.49. The zero-order chi connectivity index (χ0) is 17.1. The van der Waals surface area contributed by atoms with Crippen molar-refractivity contribution < 1.29 is 9.53 Å². The van der Waals surface area contributed by atoms with E-state index in [9.17, 15) is 4.79 Å². The lowest BCUT2D eigenvalue weighted by Gasteiger charge is -2.06. The van der Waals surface area contributed by atoms with Gasteiger partial charge in [0.05, 0.1) is 18.5 Å². The zero-order valence-corrected chi connectivity index (χ0v) is 13.9. The third kappa shape index (κ3) is 3.23. The highest BCUT2D eigenvalue weighted by Gasteiger charge is 2.17. The number of anilines is 1. The van der Waals surface area contributed by atoms with E-state index in [0.29, 0.717) is 16.4 Å². The minimum absolute atomic E-state index is 0.255. The number of nitrogens with zero attached hydrogens (tertiary/aromatic N) is 3. The predicted molar refractivity (Wildman–Crippen MR) is 92.1 cm³/mol. The lowest BCUT2D eigenvalue weighted by Crippen LogP contribution is -2.14. The van der Waals surface area contributed by atoms with E-state index >= 15 is 0 Å². The molecule has 1 N–H and O–H groups in total. The SMILES string of the molecule is COc1ccc(NC(=O)c2nnn(-c3cccc(Cl)c3)c2C)cc1. The van der Waals surface area contributed by atoms with Crippen molar-refractivity contribution in [2.24, 2.45) is 0 Å². The first kappa shape index (κ1) is 16.0. The molecule has 3 aromatic rings. The van der Waals surface area contributed by atoms with E-state index in [1.807, 2.05) is 12.1 Å². The van der Waals surface area contributed by atoms with Crippen LogP contribution in [0.3, 0.4) is 0 Å². The van der Waals surface area contributed by atoms with Crippen LogP contribution >= 0.6 is 11.6 Å². The number of halogens is 1. The fourth-order valence-electron chi connectivity index (χ4n) is 2.26. The average molecular weight is 343 g/mol. The number of benzene rings is 2. The first-order valence-corrected chi connectivity index (χ1v) is 7.60. The monoisotopic (exact) mass is 342 g/mol. The summed E-state index contributed by atoms with van der Waals surface area (Å²) in [5.41, 5.74) is 2.28. The van der Waals surface area contributed by atoms with Gasteiger partial charge in [-0.1, -0.05) is 22.9 Å². The van der Waals surface area contributed by atoms with Crippen molar-refractivity contribution in [2.75, 3.05) is 12.4 Å². The second-order valence-electron chi connectivity index (χ2n) is 5.10. The second kappa shape index (κ2) is 6.72. The van der Waals surface area contributed by atoms with Crippen molar-refractivity contribution in [1.82, 2.24) is 15.0 Å². The maximum absolute atomic E-state index is 12.4. The van der Waals surface area contributed by atoms with Gasteiger partial charge in [0.25, 0.3) is 5.91 Å². The van der Waals surface area contributed by atoms with Crippen molar-refractivity contribution in [3.63, 3.8) is 0 Å². The first-order chi connectivity index (χ1) is 11.6. The summed E-state index contributed by atoms with van der Waals surface area (Å²) in [4.78, 5) is 12.4. The van der Waals surface area contributed by atoms with Gasteiger partial charge in [0.2, 0.25) is 0 Å². The van der Waals surface area contributed by atoms with E-state index < -0.39 is 0 Å². The molecule has 3 rings (SSSR count). The first-order valence-electron chi connectivity index (χ1n) is 7.22. The number of hydrogen-bond acceptors (Lipinski definition) is 4. The van der Waals surface area contributed by atoms with E-state index in [-0.39, 0.29) is 11.6 Å². The highest BCUT2D eigenvalue weighted by atomic mass is 35.5. The Bertz CT molecular complexity index is 875. The Hall–Kier alpha value is -2.86. The van der Waals surface area contributed by atoms with Crippen LogP contribution in [0.15, 0.2) is 48.5 Å². The number of carbonyl (C=O) groups is 1. The molecule has 0 saturated carbocycles. The van der Waals surface area contributed by atoms with Gasteiger partial charge in [-0.3, -0.25) is 4.79 Å². The van der Waals surface area contributed by atoms with Crippen LogP contribution in [0.25, 0.3) is 5.69 Å². The van der Waals surface area contributed by atoms with Crippen LogP contribution in [0.2, 0.25) is 5.02 Å². The van der Waals surface area contributed by atoms with Crippen LogP contribution in [0.1, 0.15) is 16.2 Å². The van der Waals surface area contributed by atoms with E-state index in [1.165, 1.54) is 0 Å². The van der Waals surface area contributed by atoms with Crippen LogP contribution in [0, 0.1) is 6.92 Å². The fourth-order valence-corrected chi connectivity index (χ4v) is 2.44. The van der Waals surface area contributed by atoms with Crippen LogP contribution in [-0.2, 0) is 0 Å². The number of methoxy groups -OCH3 is 1. The Labute approximate surface area is 144 Å². The third-order valence-electron chi connectivity index (χ3n) is 3.51. The molecule has 0 atom stereocenters. The Morgan fingerprint density at radius 2 is 1.96 bits per heavy atom. The maximum atomic E-state index is 12.4. The number of amides is 1. The zero-order valence-electron chi connectivity index (χ0n) is 13.2. The Balaban J connectivity index is 1.83. The summed E-state index contributed by atoms with van der Waals surface area (Å²) in [5.74, 6) is 0.391. The molecular weight excluding hydrogens is 328 g/mol. The molecule has 24 heavy (non-hydrogen) atoms. The van der Waals surface area contributed by atoms with Crippen LogP contribution in [0.5, 0.6) is 5.75 Å². The minimum atomic E-state index is -0.328. The summed E-state index contributed by atoms with van der Waals surface area (Å²) < 4.78 is 6.67. The van der Waals surface area contributed by atoms with Gasteiger partial charge in [0.15, 0.2) is 5.69 Å². The number of ether oxygens (including phenoxy) is 1. The molecule has 0 radical (unpaired) electrons. The van der Waals surface area contributed by atoms with Crippen LogP contribution < -0.4 is 10.1 Å². The topological polar surface area (TPSA) is 69.0 Å². The molecule has 2 aromatic carbocycles. The smallest absolute Gasteiger partial charge is 0.278 e. The highest BCUT2D eigenvalue weighted by molar-refractivity contribution is 6.30. The summed E-state index contributed by atoms with van der Waals surface area (Å²) in [6.45, 7) is 1.78. The van der Waals surface area contributed by atoms with Gasteiger partial charge in [0.1, 0.15) is 5.75 Å². The normalized spacial score (nSPS) is 10.5. The quantitative estimate of drug-likeness (QED) is 0.788. The molecule has 122 valence electrons. The van der Waals surface area contributed by atoms with Gasteiger partial charge < -0.3 is 10.1 Å². The average Bonchev–Trinajstić information content (AvgIpc) is 2.97. The molecule has 0 spiro atoms. The molecule has 0 fully saturated rings. The van der Waals surface area contributed by atoms with Gasteiger partial charge in [0, 0.05) is 10.7 Å². The molecule has 0 bridgehead atoms. The molecule has 0 aliphatic heterocycles. The Morgan fingerprint density at radius 3 is 2.62 bits per heavy atom. The van der Waals surface area contributed by atoms with E-state index in [2.05, 4.69) is 15.6 Å². The number of hydrogen-bond donors (Lipinski definition) is 1. The third-order valence-corrected chi connectivity index (χ3v) is 3.75. The molecule has 6 nitrogen and oxygen atoms in total.